The van der Waals surface area contributed by atoms with Gasteiger partial charge in [0.1, 0.15) is 0 Å². The highest BCUT2D eigenvalue weighted by Crippen LogP contribution is 2.33. The van der Waals surface area contributed by atoms with Gasteiger partial charge in [0, 0.05) is 12.2 Å². The number of hydrogen-bond donors (Lipinski definition) is 1. The zero-order valence-corrected chi connectivity index (χ0v) is 11.4. The van der Waals surface area contributed by atoms with Gasteiger partial charge in [-0.1, -0.05) is 18.2 Å². The number of likely N-dealkylation sites (tertiary alicyclic amines) is 1. The van der Waals surface area contributed by atoms with Crippen molar-refractivity contribution in [1.29, 1.82) is 0 Å². The summed E-state index contributed by atoms with van der Waals surface area (Å²) in [7, 11) is 0. The molecule has 1 saturated heterocycles. The molecule has 98 valence electrons. The Kier molecular flexibility index (Phi) is 3.51. The molecule has 3 nitrogen and oxygen atoms in total. The summed E-state index contributed by atoms with van der Waals surface area (Å²) >= 11 is 1.69. The van der Waals surface area contributed by atoms with Gasteiger partial charge < -0.3 is 10.2 Å². The third kappa shape index (κ3) is 2.63. The van der Waals surface area contributed by atoms with Crippen LogP contribution in [0.5, 0.6) is 0 Å². The molecule has 0 spiro atoms. The molecule has 1 N–H and O–H groups in total. The van der Waals surface area contributed by atoms with E-state index in [0.717, 1.165) is 25.1 Å². The van der Waals surface area contributed by atoms with Gasteiger partial charge in [0.25, 0.3) is 0 Å². The van der Waals surface area contributed by atoms with Crippen molar-refractivity contribution in [1.82, 2.24) is 4.90 Å². The summed E-state index contributed by atoms with van der Waals surface area (Å²) in [5, 5.41) is 7.17. The molecule has 19 heavy (non-hydrogen) atoms. The number of hydrogen-bond acceptors (Lipinski definition) is 2. The molecule has 1 aliphatic heterocycles. The number of benzene rings is 1. The monoisotopic (exact) mass is 272 g/mol. The van der Waals surface area contributed by atoms with Crippen LogP contribution in [0.2, 0.25) is 0 Å². The zero-order valence-electron chi connectivity index (χ0n) is 10.6. The summed E-state index contributed by atoms with van der Waals surface area (Å²) in [6.07, 6.45) is 2.13. The first kappa shape index (κ1) is 12.2. The highest BCUT2D eigenvalue weighted by molar-refractivity contribution is 7.07. The first-order valence-electron chi connectivity index (χ1n) is 6.49. The van der Waals surface area contributed by atoms with Gasteiger partial charge in [-0.15, -0.1) is 0 Å². The van der Waals surface area contributed by atoms with Crippen molar-refractivity contribution in [2.45, 2.75) is 18.9 Å². The highest BCUT2D eigenvalue weighted by atomic mass is 32.1. The molecule has 0 radical (unpaired) electrons. The predicted octanol–water partition coefficient (Wildman–Crippen LogP) is 4.12. The van der Waals surface area contributed by atoms with Crippen LogP contribution in [0.15, 0.2) is 47.2 Å². The molecule has 0 saturated carbocycles. The molecular formula is C15H16N2OS. The van der Waals surface area contributed by atoms with Gasteiger partial charge in [0.2, 0.25) is 0 Å². The Morgan fingerprint density at radius 3 is 2.84 bits per heavy atom. The molecule has 0 bridgehead atoms. The topological polar surface area (TPSA) is 32.3 Å². The molecule has 1 aromatic carbocycles. The van der Waals surface area contributed by atoms with E-state index >= 15 is 0 Å². The number of thiophene rings is 1. The summed E-state index contributed by atoms with van der Waals surface area (Å²) in [6, 6.07) is 12.0. The summed E-state index contributed by atoms with van der Waals surface area (Å²) in [5.74, 6) is 0. The lowest BCUT2D eigenvalue weighted by Gasteiger charge is -2.24. The van der Waals surface area contributed by atoms with Crippen molar-refractivity contribution in [2.75, 3.05) is 11.9 Å². The number of para-hydroxylation sites is 1. The lowest BCUT2D eigenvalue weighted by Crippen LogP contribution is -2.34. The van der Waals surface area contributed by atoms with Crippen LogP contribution in [0.25, 0.3) is 0 Å². The molecule has 1 aliphatic rings. The molecule has 2 amide bonds. The third-order valence-electron chi connectivity index (χ3n) is 3.47. The number of nitrogens with one attached hydrogen (secondary N) is 1. The van der Waals surface area contributed by atoms with E-state index < -0.39 is 0 Å². The molecule has 1 aromatic heterocycles. The molecule has 2 heterocycles. The van der Waals surface area contributed by atoms with Crippen molar-refractivity contribution >= 4 is 23.1 Å². The van der Waals surface area contributed by atoms with Crippen LogP contribution >= 0.6 is 11.3 Å². The lowest BCUT2D eigenvalue weighted by atomic mass is 10.1. The van der Waals surface area contributed by atoms with Gasteiger partial charge in [0.15, 0.2) is 0 Å². The second-order valence-electron chi connectivity index (χ2n) is 4.70. The van der Waals surface area contributed by atoms with Crippen LogP contribution < -0.4 is 5.32 Å². The lowest BCUT2D eigenvalue weighted by molar-refractivity contribution is 0.207. The van der Waals surface area contributed by atoms with Crippen LogP contribution in [0.1, 0.15) is 24.4 Å². The number of carbonyl (C=O) groups excluding carboxylic acids is 1. The van der Waals surface area contributed by atoms with E-state index in [-0.39, 0.29) is 12.1 Å². The minimum absolute atomic E-state index is 0.0000926. The normalized spacial score (nSPS) is 18.5. The maximum Gasteiger partial charge on any atom is 0.322 e. The number of rotatable bonds is 2. The summed E-state index contributed by atoms with van der Waals surface area (Å²) < 4.78 is 0. The van der Waals surface area contributed by atoms with Crippen LogP contribution in [0.4, 0.5) is 10.5 Å². The largest absolute Gasteiger partial charge is 0.322 e. The van der Waals surface area contributed by atoms with E-state index in [1.54, 1.807) is 11.3 Å². The molecule has 2 aromatic rings. The zero-order chi connectivity index (χ0) is 13.1. The number of amides is 2. The molecule has 0 aliphatic carbocycles. The van der Waals surface area contributed by atoms with E-state index in [2.05, 4.69) is 22.1 Å². The molecule has 4 heteroatoms. The molecule has 1 atom stereocenters. The maximum absolute atomic E-state index is 12.3. The van der Waals surface area contributed by atoms with Crippen LogP contribution in [0, 0.1) is 0 Å². The molecule has 3 rings (SSSR count). The summed E-state index contributed by atoms with van der Waals surface area (Å²) in [4.78, 5) is 14.3. The van der Waals surface area contributed by atoms with E-state index in [9.17, 15) is 4.79 Å². The third-order valence-corrected chi connectivity index (χ3v) is 4.17. The Bertz CT molecular complexity index is 539. The van der Waals surface area contributed by atoms with Gasteiger partial charge in [0.05, 0.1) is 6.04 Å². The van der Waals surface area contributed by atoms with Crippen molar-refractivity contribution in [3.8, 4) is 0 Å². The Balaban J connectivity index is 1.72. The standard InChI is InChI=1S/C15H16N2OS/c18-15(16-13-5-2-1-3-6-13)17-9-4-7-14(17)12-8-10-19-11-12/h1-3,5-6,8,10-11,14H,4,7,9H2,(H,16,18)/t14-/m0/s1. The van der Waals surface area contributed by atoms with E-state index in [1.165, 1.54) is 5.56 Å². The second kappa shape index (κ2) is 5.45. The average molecular weight is 272 g/mol. The predicted molar refractivity (Wildman–Crippen MR) is 78.5 cm³/mol. The Labute approximate surface area is 116 Å². The Morgan fingerprint density at radius 1 is 1.26 bits per heavy atom. The average Bonchev–Trinajstić information content (AvgIpc) is 3.10. The number of nitrogens with zero attached hydrogens (tertiary/aromatic N) is 1. The quantitative estimate of drug-likeness (QED) is 0.876. The SMILES string of the molecule is O=C(Nc1ccccc1)N1CCC[C@H]1c1ccsc1. The highest BCUT2D eigenvalue weighted by Gasteiger charge is 2.30. The second-order valence-corrected chi connectivity index (χ2v) is 5.48. The number of carbonyl (C=O) groups is 1. The number of anilines is 1. The van der Waals surface area contributed by atoms with Crippen molar-refractivity contribution in [3.05, 3.63) is 52.7 Å². The van der Waals surface area contributed by atoms with E-state index in [1.807, 2.05) is 35.2 Å². The van der Waals surface area contributed by atoms with Crippen LogP contribution in [-0.2, 0) is 0 Å². The number of urea groups is 1. The van der Waals surface area contributed by atoms with Gasteiger partial charge in [-0.05, 0) is 47.4 Å². The van der Waals surface area contributed by atoms with Gasteiger partial charge in [-0.3, -0.25) is 0 Å². The first-order chi connectivity index (χ1) is 9.34. The van der Waals surface area contributed by atoms with Gasteiger partial charge >= 0.3 is 6.03 Å². The maximum atomic E-state index is 12.3. The van der Waals surface area contributed by atoms with E-state index in [4.69, 9.17) is 0 Å². The fourth-order valence-electron chi connectivity index (χ4n) is 2.54. The minimum atomic E-state index is -0.0000926. The first-order valence-corrected chi connectivity index (χ1v) is 7.43. The molecule has 1 fully saturated rings. The Hall–Kier alpha value is -1.81. The van der Waals surface area contributed by atoms with Crippen molar-refractivity contribution in [3.63, 3.8) is 0 Å². The molecular weight excluding hydrogens is 256 g/mol. The summed E-state index contributed by atoms with van der Waals surface area (Å²) in [5.41, 5.74) is 2.11. The van der Waals surface area contributed by atoms with Crippen molar-refractivity contribution < 1.29 is 4.79 Å². The van der Waals surface area contributed by atoms with Crippen LogP contribution in [0.3, 0.4) is 0 Å². The minimum Gasteiger partial charge on any atom is -0.317 e. The van der Waals surface area contributed by atoms with Crippen molar-refractivity contribution in [2.24, 2.45) is 0 Å². The van der Waals surface area contributed by atoms with Gasteiger partial charge in [-0.2, -0.15) is 11.3 Å². The Morgan fingerprint density at radius 2 is 2.11 bits per heavy atom. The van der Waals surface area contributed by atoms with E-state index in [0.29, 0.717) is 0 Å². The van der Waals surface area contributed by atoms with Crippen LogP contribution in [-0.4, -0.2) is 17.5 Å². The fraction of sp³-hybridized carbons (Fsp3) is 0.267. The fourth-order valence-corrected chi connectivity index (χ4v) is 3.24. The smallest absolute Gasteiger partial charge is 0.317 e. The molecule has 0 unspecified atom stereocenters. The van der Waals surface area contributed by atoms with Gasteiger partial charge in [-0.25, -0.2) is 4.79 Å². The summed E-state index contributed by atoms with van der Waals surface area (Å²) in [6.45, 7) is 0.833.